The maximum Gasteiger partial charge on any atom is 0.311 e. The van der Waals surface area contributed by atoms with Crippen LogP contribution in [0.4, 0.5) is 10.1 Å². The Morgan fingerprint density at radius 3 is 2.65 bits per heavy atom. The molecule has 4 nitrogen and oxygen atoms in total. The van der Waals surface area contributed by atoms with Crippen LogP contribution in [0.3, 0.4) is 0 Å². The van der Waals surface area contributed by atoms with E-state index in [1.54, 1.807) is 0 Å². The fourth-order valence-electron chi connectivity index (χ4n) is 2.54. The van der Waals surface area contributed by atoms with E-state index < -0.39 is 10.7 Å². The van der Waals surface area contributed by atoms with Crippen LogP contribution in [-0.2, 0) is 6.42 Å². The van der Waals surface area contributed by atoms with Crippen LogP contribution in [0.15, 0.2) is 60.7 Å². The lowest BCUT2D eigenvalue weighted by Crippen LogP contribution is -2.04. The molecule has 0 atom stereocenters. The van der Waals surface area contributed by atoms with Crippen LogP contribution in [0.5, 0.6) is 5.75 Å². The van der Waals surface area contributed by atoms with Crippen molar-refractivity contribution >= 4 is 16.5 Å². The molecule has 0 spiro atoms. The van der Waals surface area contributed by atoms with Gasteiger partial charge in [0.05, 0.1) is 11.5 Å². The van der Waals surface area contributed by atoms with Crippen LogP contribution >= 0.6 is 0 Å². The number of nitro groups is 1. The normalized spacial score (nSPS) is 10.7. The number of hydrogen-bond donors (Lipinski definition) is 0. The highest BCUT2D eigenvalue weighted by Gasteiger charge is 2.15. The van der Waals surface area contributed by atoms with Crippen molar-refractivity contribution in [3.05, 3.63) is 82.2 Å². The molecule has 0 aliphatic carbocycles. The number of nitrogens with zero attached hydrogens (tertiary/aromatic N) is 1. The second kappa shape index (κ2) is 6.44. The number of halogens is 1. The van der Waals surface area contributed by atoms with Gasteiger partial charge in [0.25, 0.3) is 0 Å². The minimum atomic E-state index is -0.577. The number of fused-ring (bicyclic) bond motifs is 1. The SMILES string of the molecule is O=[N+]([O-])c1ccc(F)cc1OCCc1cccc2ccccc12. The van der Waals surface area contributed by atoms with Crippen LogP contribution in [0.1, 0.15) is 5.56 Å². The summed E-state index contributed by atoms with van der Waals surface area (Å²) in [5.74, 6) is -0.606. The van der Waals surface area contributed by atoms with E-state index in [0.717, 1.165) is 34.5 Å². The van der Waals surface area contributed by atoms with Crippen molar-refractivity contribution in [1.82, 2.24) is 0 Å². The van der Waals surface area contributed by atoms with Gasteiger partial charge in [0.2, 0.25) is 0 Å². The maximum absolute atomic E-state index is 13.3. The third-order valence-electron chi connectivity index (χ3n) is 3.63. The van der Waals surface area contributed by atoms with E-state index in [0.29, 0.717) is 6.42 Å². The lowest BCUT2D eigenvalue weighted by atomic mass is 10.0. The molecule has 3 rings (SSSR count). The summed E-state index contributed by atoms with van der Waals surface area (Å²) in [5.41, 5.74) is 0.853. The smallest absolute Gasteiger partial charge is 0.311 e. The molecule has 0 N–H and O–H groups in total. The van der Waals surface area contributed by atoms with Crippen LogP contribution in [0, 0.1) is 15.9 Å². The number of hydrogen-bond acceptors (Lipinski definition) is 3. The van der Waals surface area contributed by atoms with Gasteiger partial charge in [0, 0.05) is 18.6 Å². The van der Waals surface area contributed by atoms with Crippen molar-refractivity contribution in [3.63, 3.8) is 0 Å². The van der Waals surface area contributed by atoms with E-state index in [9.17, 15) is 14.5 Å². The van der Waals surface area contributed by atoms with Gasteiger partial charge in [0.15, 0.2) is 5.75 Å². The Bertz CT molecular complexity index is 859. The quantitative estimate of drug-likeness (QED) is 0.514. The topological polar surface area (TPSA) is 52.4 Å². The van der Waals surface area contributed by atoms with Crippen molar-refractivity contribution < 1.29 is 14.1 Å². The summed E-state index contributed by atoms with van der Waals surface area (Å²) in [6.07, 6.45) is 0.578. The number of ether oxygens (including phenoxy) is 1. The van der Waals surface area contributed by atoms with E-state index in [2.05, 4.69) is 0 Å². The van der Waals surface area contributed by atoms with Gasteiger partial charge in [-0.15, -0.1) is 0 Å². The zero-order valence-corrected chi connectivity index (χ0v) is 12.2. The van der Waals surface area contributed by atoms with Crippen LogP contribution < -0.4 is 4.74 Å². The van der Waals surface area contributed by atoms with Crippen LogP contribution in [0.2, 0.25) is 0 Å². The molecule has 0 heterocycles. The summed E-state index contributed by atoms with van der Waals surface area (Å²) in [6.45, 7) is 0.234. The molecule has 0 amide bonds. The first-order valence-corrected chi connectivity index (χ1v) is 7.18. The molecule has 0 radical (unpaired) electrons. The minimum absolute atomic E-state index is 0.0461. The minimum Gasteiger partial charge on any atom is -0.486 e. The maximum atomic E-state index is 13.3. The van der Waals surface area contributed by atoms with Crippen molar-refractivity contribution in [2.45, 2.75) is 6.42 Å². The molecule has 0 fully saturated rings. The predicted molar refractivity (Wildman–Crippen MR) is 86.2 cm³/mol. The van der Waals surface area contributed by atoms with E-state index in [4.69, 9.17) is 4.74 Å². The van der Waals surface area contributed by atoms with Crippen molar-refractivity contribution in [2.75, 3.05) is 6.61 Å². The van der Waals surface area contributed by atoms with Gasteiger partial charge in [-0.1, -0.05) is 42.5 Å². The molecular formula is C18H14FNO3. The fraction of sp³-hybridized carbons (Fsp3) is 0.111. The third kappa shape index (κ3) is 3.29. The second-order valence-corrected chi connectivity index (χ2v) is 5.11. The molecule has 3 aromatic carbocycles. The Labute approximate surface area is 132 Å². The first-order valence-electron chi connectivity index (χ1n) is 7.18. The molecule has 116 valence electrons. The average Bonchev–Trinajstić information content (AvgIpc) is 2.55. The molecule has 23 heavy (non-hydrogen) atoms. The number of nitro benzene ring substituents is 1. The lowest BCUT2D eigenvalue weighted by Gasteiger charge is -2.09. The average molecular weight is 311 g/mol. The largest absolute Gasteiger partial charge is 0.486 e. The van der Waals surface area contributed by atoms with Crippen LogP contribution in [-0.4, -0.2) is 11.5 Å². The highest BCUT2D eigenvalue weighted by molar-refractivity contribution is 5.85. The van der Waals surface area contributed by atoms with Crippen molar-refractivity contribution in [1.29, 1.82) is 0 Å². The van der Waals surface area contributed by atoms with Crippen molar-refractivity contribution in [2.24, 2.45) is 0 Å². The second-order valence-electron chi connectivity index (χ2n) is 5.11. The third-order valence-corrected chi connectivity index (χ3v) is 3.63. The van der Waals surface area contributed by atoms with Crippen LogP contribution in [0.25, 0.3) is 10.8 Å². The predicted octanol–water partition coefficient (Wildman–Crippen LogP) is 4.51. The molecule has 0 bridgehead atoms. The summed E-state index contributed by atoms with van der Waals surface area (Å²) >= 11 is 0. The van der Waals surface area contributed by atoms with Gasteiger partial charge in [-0.25, -0.2) is 4.39 Å². The zero-order chi connectivity index (χ0) is 16.2. The fourth-order valence-corrected chi connectivity index (χ4v) is 2.54. The Balaban J connectivity index is 1.77. The Kier molecular flexibility index (Phi) is 4.19. The summed E-state index contributed by atoms with van der Waals surface area (Å²) in [4.78, 5) is 10.4. The standard InChI is InChI=1S/C18H14FNO3/c19-15-8-9-17(20(21)22)18(12-15)23-11-10-14-6-3-5-13-4-1-2-7-16(13)14/h1-9,12H,10-11H2. The van der Waals surface area contributed by atoms with Crippen molar-refractivity contribution in [3.8, 4) is 5.75 Å². The van der Waals surface area contributed by atoms with Gasteiger partial charge in [0.1, 0.15) is 5.82 Å². The molecule has 3 aromatic rings. The Hall–Kier alpha value is -2.95. The van der Waals surface area contributed by atoms with E-state index in [1.807, 2.05) is 42.5 Å². The summed E-state index contributed by atoms with van der Waals surface area (Å²) < 4.78 is 18.7. The van der Waals surface area contributed by atoms with Gasteiger partial charge in [-0.05, 0) is 22.4 Å². The number of benzene rings is 3. The summed E-state index contributed by atoms with van der Waals surface area (Å²) in [7, 11) is 0. The van der Waals surface area contributed by atoms with Gasteiger partial charge in [-0.3, -0.25) is 10.1 Å². The monoisotopic (exact) mass is 311 g/mol. The summed E-state index contributed by atoms with van der Waals surface area (Å²) in [5, 5.41) is 13.2. The molecule has 0 aromatic heterocycles. The van der Waals surface area contributed by atoms with Gasteiger partial charge in [-0.2, -0.15) is 0 Å². The lowest BCUT2D eigenvalue weighted by molar-refractivity contribution is -0.385. The number of rotatable bonds is 5. The Morgan fingerprint density at radius 2 is 1.83 bits per heavy atom. The molecular weight excluding hydrogens is 297 g/mol. The first kappa shape index (κ1) is 15.0. The zero-order valence-electron chi connectivity index (χ0n) is 12.2. The van der Waals surface area contributed by atoms with E-state index in [1.165, 1.54) is 0 Å². The molecule has 0 aliphatic rings. The Morgan fingerprint density at radius 1 is 1.04 bits per heavy atom. The molecule has 0 saturated carbocycles. The first-order chi connectivity index (χ1) is 11.1. The molecule has 0 unspecified atom stereocenters. The molecule has 5 heteroatoms. The summed E-state index contributed by atoms with van der Waals surface area (Å²) in [6, 6.07) is 17.2. The van der Waals surface area contributed by atoms with Gasteiger partial charge >= 0.3 is 5.69 Å². The highest BCUT2D eigenvalue weighted by atomic mass is 19.1. The van der Waals surface area contributed by atoms with E-state index >= 15 is 0 Å². The van der Waals surface area contributed by atoms with Gasteiger partial charge < -0.3 is 4.74 Å². The molecule has 0 aliphatic heterocycles. The highest BCUT2D eigenvalue weighted by Crippen LogP contribution is 2.28. The van der Waals surface area contributed by atoms with E-state index in [-0.39, 0.29) is 18.0 Å². The molecule has 0 saturated heterocycles.